The maximum atomic E-state index is 6.26. The topological polar surface area (TPSA) is 16.4 Å². The number of anilines is 3. The van der Waals surface area contributed by atoms with Crippen molar-refractivity contribution in [2.45, 2.75) is 0 Å². The van der Waals surface area contributed by atoms with E-state index >= 15 is 0 Å². The predicted molar refractivity (Wildman–Crippen MR) is 161 cm³/mol. The van der Waals surface area contributed by atoms with Gasteiger partial charge in [0.25, 0.3) is 0 Å². The lowest BCUT2D eigenvalue weighted by Crippen LogP contribution is -2.09. The monoisotopic (exact) mass is 485 g/mol. The van der Waals surface area contributed by atoms with Crippen molar-refractivity contribution in [1.29, 1.82) is 0 Å². The fraction of sp³-hybridized carbons (Fsp3) is 0. The van der Waals surface area contributed by atoms with E-state index in [9.17, 15) is 0 Å². The highest BCUT2D eigenvalue weighted by Gasteiger charge is 2.15. The fourth-order valence-electron chi connectivity index (χ4n) is 5.84. The number of para-hydroxylation sites is 3. The molecular formula is C36H23NO. The Morgan fingerprint density at radius 2 is 1.00 bits per heavy atom. The molecule has 0 amide bonds. The Morgan fingerprint density at radius 1 is 0.368 bits per heavy atom. The van der Waals surface area contributed by atoms with E-state index in [2.05, 4.69) is 132 Å². The molecule has 0 bridgehead atoms. The molecule has 8 rings (SSSR count). The van der Waals surface area contributed by atoms with Gasteiger partial charge in [-0.3, -0.25) is 0 Å². The van der Waals surface area contributed by atoms with Crippen LogP contribution in [-0.4, -0.2) is 0 Å². The minimum atomic E-state index is 0.929. The Morgan fingerprint density at radius 3 is 1.74 bits per heavy atom. The van der Waals surface area contributed by atoms with E-state index < -0.39 is 0 Å². The molecule has 0 N–H and O–H groups in total. The van der Waals surface area contributed by atoms with Crippen molar-refractivity contribution in [3.8, 4) is 0 Å². The zero-order chi connectivity index (χ0) is 25.1. The largest absolute Gasteiger partial charge is 0.456 e. The summed E-state index contributed by atoms with van der Waals surface area (Å²) in [6, 6.07) is 49.6. The van der Waals surface area contributed by atoms with Gasteiger partial charge in [0.2, 0.25) is 0 Å². The third-order valence-corrected chi connectivity index (χ3v) is 7.58. The van der Waals surface area contributed by atoms with Gasteiger partial charge in [0.15, 0.2) is 0 Å². The Bertz CT molecular complexity index is 2090. The molecule has 0 atom stereocenters. The molecule has 38 heavy (non-hydrogen) atoms. The highest BCUT2D eigenvalue weighted by molar-refractivity contribution is 6.23. The van der Waals surface area contributed by atoms with Gasteiger partial charge < -0.3 is 9.32 Å². The van der Waals surface area contributed by atoms with E-state index in [-0.39, 0.29) is 0 Å². The average Bonchev–Trinajstić information content (AvgIpc) is 3.34. The second kappa shape index (κ2) is 8.22. The van der Waals surface area contributed by atoms with Crippen LogP contribution in [0, 0.1) is 0 Å². The zero-order valence-corrected chi connectivity index (χ0v) is 20.6. The van der Waals surface area contributed by atoms with Gasteiger partial charge in [0.05, 0.1) is 0 Å². The van der Waals surface area contributed by atoms with E-state index in [1.54, 1.807) is 0 Å². The molecule has 0 aliphatic heterocycles. The number of hydrogen-bond donors (Lipinski definition) is 0. The number of nitrogens with zero attached hydrogens (tertiary/aromatic N) is 1. The smallest absolute Gasteiger partial charge is 0.136 e. The Hall–Kier alpha value is -5.08. The lowest BCUT2D eigenvalue weighted by atomic mass is 9.95. The standard InChI is InChI=1S/C36H23NO/c1-3-9-27(10-4-1)37(28-11-5-2-6-12-28)29-19-20-30-25(21-29)17-15-24-16-18-26-22-33-31-13-7-8-14-34(31)38-35(33)23-32(26)36(24)30/h1-23H. The SMILES string of the molecule is c1ccc(N(c2ccccc2)c2ccc3c(ccc4ccc5cc6c(cc5c43)oc3ccccc36)c2)cc1. The molecule has 0 saturated carbocycles. The molecule has 0 aliphatic carbocycles. The van der Waals surface area contributed by atoms with Gasteiger partial charge in [-0.1, -0.05) is 84.9 Å². The van der Waals surface area contributed by atoms with Gasteiger partial charge in [-0.2, -0.15) is 0 Å². The normalized spacial score (nSPS) is 11.7. The summed E-state index contributed by atoms with van der Waals surface area (Å²) in [5.74, 6) is 0. The molecule has 0 unspecified atom stereocenters. The van der Waals surface area contributed by atoms with Crippen LogP contribution in [0.4, 0.5) is 17.1 Å². The van der Waals surface area contributed by atoms with Gasteiger partial charge in [0.1, 0.15) is 11.2 Å². The van der Waals surface area contributed by atoms with Gasteiger partial charge >= 0.3 is 0 Å². The molecule has 178 valence electrons. The van der Waals surface area contributed by atoms with Crippen molar-refractivity contribution in [1.82, 2.24) is 0 Å². The maximum absolute atomic E-state index is 6.26. The lowest BCUT2D eigenvalue weighted by molar-refractivity contribution is 0.669. The predicted octanol–water partition coefficient (Wildman–Crippen LogP) is 10.5. The summed E-state index contributed by atoms with van der Waals surface area (Å²) in [7, 11) is 0. The average molecular weight is 486 g/mol. The highest BCUT2D eigenvalue weighted by Crippen LogP contribution is 2.40. The van der Waals surface area contributed by atoms with Crippen LogP contribution < -0.4 is 4.90 Å². The van der Waals surface area contributed by atoms with Crippen LogP contribution in [0.25, 0.3) is 54.3 Å². The van der Waals surface area contributed by atoms with E-state index in [1.807, 2.05) is 12.1 Å². The van der Waals surface area contributed by atoms with Gasteiger partial charge in [0, 0.05) is 27.8 Å². The summed E-state index contributed by atoms with van der Waals surface area (Å²) < 4.78 is 6.26. The first-order chi connectivity index (χ1) is 18.8. The van der Waals surface area contributed by atoms with E-state index in [0.717, 1.165) is 39.0 Å². The van der Waals surface area contributed by atoms with Crippen LogP contribution in [0.2, 0.25) is 0 Å². The van der Waals surface area contributed by atoms with E-state index in [4.69, 9.17) is 4.42 Å². The second-order valence-corrected chi connectivity index (χ2v) is 9.81. The zero-order valence-electron chi connectivity index (χ0n) is 20.6. The summed E-state index contributed by atoms with van der Waals surface area (Å²) in [6.07, 6.45) is 0. The minimum absolute atomic E-state index is 0.929. The number of fused-ring (bicyclic) bond motifs is 8. The van der Waals surface area contributed by atoms with Crippen molar-refractivity contribution in [3.05, 3.63) is 140 Å². The van der Waals surface area contributed by atoms with Crippen LogP contribution in [-0.2, 0) is 0 Å². The third-order valence-electron chi connectivity index (χ3n) is 7.58. The molecule has 8 aromatic rings. The first kappa shape index (κ1) is 21.0. The van der Waals surface area contributed by atoms with Crippen molar-refractivity contribution in [2.75, 3.05) is 4.90 Å². The molecule has 0 saturated heterocycles. The number of rotatable bonds is 3. The summed E-state index contributed by atoms with van der Waals surface area (Å²) in [6.45, 7) is 0. The van der Waals surface area contributed by atoms with Crippen LogP contribution in [0.15, 0.2) is 144 Å². The van der Waals surface area contributed by atoms with Crippen LogP contribution >= 0.6 is 0 Å². The molecule has 1 aromatic heterocycles. The van der Waals surface area contributed by atoms with Crippen LogP contribution in [0.1, 0.15) is 0 Å². The quantitative estimate of drug-likeness (QED) is 0.231. The van der Waals surface area contributed by atoms with Crippen molar-refractivity contribution in [3.63, 3.8) is 0 Å². The maximum Gasteiger partial charge on any atom is 0.136 e. The molecule has 0 aliphatic rings. The fourth-order valence-corrected chi connectivity index (χ4v) is 5.84. The van der Waals surface area contributed by atoms with Gasteiger partial charge in [-0.15, -0.1) is 0 Å². The molecule has 7 aromatic carbocycles. The van der Waals surface area contributed by atoms with E-state index in [1.165, 1.54) is 32.3 Å². The number of furan rings is 1. The van der Waals surface area contributed by atoms with Crippen LogP contribution in [0.5, 0.6) is 0 Å². The Balaban J connectivity index is 1.38. The molecule has 0 fully saturated rings. The van der Waals surface area contributed by atoms with Crippen molar-refractivity contribution < 1.29 is 4.42 Å². The van der Waals surface area contributed by atoms with Crippen molar-refractivity contribution >= 4 is 71.3 Å². The number of hydrogen-bond acceptors (Lipinski definition) is 2. The van der Waals surface area contributed by atoms with Gasteiger partial charge in [-0.25, -0.2) is 0 Å². The summed E-state index contributed by atoms with van der Waals surface area (Å²) in [5.41, 5.74) is 5.26. The minimum Gasteiger partial charge on any atom is -0.456 e. The molecular weight excluding hydrogens is 462 g/mol. The molecule has 1 heterocycles. The Kier molecular flexibility index (Phi) is 4.55. The highest BCUT2D eigenvalue weighted by atomic mass is 16.3. The summed E-state index contributed by atoms with van der Waals surface area (Å²) in [5, 5.41) is 9.72. The first-order valence-corrected chi connectivity index (χ1v) is 12.9. The summed E-state index contributed by atoms with van der Waals surface area (Å²) in [4.78, 5) is 2.31. The van der Waals surface area contributed by atoms with Crippen molar-refractivity contribution in [2.24, 2.45) is 0 Å². The molecule has 2 nitrogen and oxygen atoms in total. The molecule has 2 heteroatoms. The molecule has 0 spiro atoms. The van der Waals surface area contributed by atoms with Gasteiger partial charge in [-0.05, 0) is 86.9 Å². The summed E-state index contributed by atoms with van der Waals surface area (Å²) >= 11 is 0. The lowest BCUT2D eigenvalue weighted by Gasteiger charge is -2.25. The first-order valence-electron chi connectivity index (χ1n) is 12.9. The second-order valence-electron chi connectivity index (χ2n) is 9.81. The third kappa shape index (κ3) is 3.21. The molecule has 0 radical (unpaired) electrons. The van der Waals surface area contributed by atoms with Crippen LogP contribution in [0.3, 0.4) is 0 Å². The number of benzene rings is 7. The van der Waals surface area contributed by atoms with E-state index in [0.29, 0.717) is 0 Å². The Labute approximate surface area is 220 Å².